The zero-order valence-corrected chi connectivity index (χ0v) is 14.9. The summed E-state index contributed by atoms with van der Waals surface area (Å²) in [5.41, 5.74) is 0.532. The Morgan fingerprint density at radius 2 is 1.96 bits per heavy atom. The molecule has 2 aromatic rings. The number of nitrogens with zero attached hydrogens (tertiary/aromatic N) is 2. The maximum absolute atomic E-state index is 12.8. The molecule has 1 aromatic carbocycles. The van der Waals surface area contributed by atoms with Crippen LogP contribution in [0.1, 0.15) is 54.7 Å². The second kappa shape index (κ2) is 7.23. The molecule has 1 N–H and O–H groups in total. The summed E-state index contributed by atoms with van der Waals surface area (Å²) in [5, 5.41) is 12.9. The molecule has 0 aliphatic heterocycles. The quantitative estimate of drug-likeness (QED) is 0.878. The predicted octanol–water partition coefficient (Wildman–Crippen LogP) is 3.68. The smallest absolute Gasteiger partial charge is 0.273 e. The number of hydrogen-bond donors (Lipinski definition) is 1. The summed E-state index contributed by atoms with van der Waals surface area (Å²) in [5.74, 6) is 0.164. The predicted molar refractivity (Wildman–Crippen MR) is 93.7 cm³/mol. The number of carbonyl (C=O) groups excluding carboxylic acids is 1. The topological polar surface area (TPSA) is 53.4 Å². The zero-order chi connectivity index (χ0) is 17.0. The lowest BCUT2D eigenvalue weighted by Gasteiger charge is -2.28. The number of thiazole rings is 1. The first-order chi connectivity index (χ1) is 10.8. The molecule has 1 aromatic heterocycles. The number of benzene rings is 1. The molecule has 1 amide bonds. The SMILES string of the molecule is CC(C)c1nc(C(=O)N(Cc2ccccc2)CC(C)(C)O)cs1. The standard InChI is InChI=1S/C18H24N2O2S/c1-13(2)16-19-15(11-23-16)17(21)20(12-18(3,4)22)10-14-8-6-5-7-9-14/h5-9,11,13,22H,10,12H2,1-4H3. The normalized spacial score (nSPS) is 11.7. The third-order valence-corrected chi connectivity index (χ3v) is 4.46. The molecule has 0 saturated carbocycles. The second-order valence-electron chi connectivity index (χ2n) is 6.68. The highest BCUT2D eigenvalue weighted by molar-refractivity contribution is 7.09. The van der Waals surface area contributed by atoms with Crippen LogP contribution in [0.2, 0.25) is 0 Å². The number of amides is 1. The summed E-state index contributed by atoms with van der Waals surface area (Å²) >= 11 is 1.51. The van der Waals surface area contributed by atoms with Crippen molar-refractivity contribution in [3.63, 3.8) is 0 Å². The fourth-order valence-corrected chi connectivity index (χ4v) is 3.09. The van der Waals surface area contributed by atoms with Gasteiger partial charge in [0.05, 0.1) is 10.6 Å². The minimum absolute atomic E-state index is 0.140. The van der Waals surface area contributed by atoms with Crippen molar-refractivity contribution >= 4 is 17.2 Å². The Morgan fingerprint density at radius 1 is 1.30 bits per heavy atom. The Morgan fingerprint density at radius 3 is 2.48 bits per heavy atom. The number of aromatic nitrogens is 1. The maximum atomic E-state index is 12.8. The highest BCUT2D eigenvalue weighted by Crippen LogP contribution is 2.21. The van der Waals surface area contributed by atoms with Gasteiger partial charge in [0.25, 0.3) is 5.91 Å². The third kappa shape index (κ3) is 5.15. The Kier molecular flexibility index (Phi) is 5.55. The Hall–Kier alpha value is -1.72. The van der Waals surface area contributed by atoms with Gasteiger partial charge in [-0.3, -0.25) is 4.79 Å². The summed E-state index contributed by atoms with van der Waals surface area (Å²) in [6, 6.07) is 9.79. The first-order valence-electron chi connectivity index (χ1n) is 7.77. The van der Waals surface area contributed by atoms with E-state index in [0.29, 0.717) is 18.2 Å². The summed E-state index contributed by atoms with van der Waals surface area (Å²) in [7, 11) is 0. The molecule has 0 radical (unpaired) electrons. The Labute approximate surface area is 141 Å². The molecule has 0 fully saturated rings. The lowest BCUT2D eigenvalue weighted by atomic mass is 10.1. The van der Waals surface area contributed by atoms with Gasteiger partial charge in [0.15, 0.2) is 0 Å². The summed E-state index contributed by atoms with van der Waals surface area (Å²) in [6.45, 7) is 8.25. The van der Waals surface area contributed by atoms with Gasteiger partial charge >= 0.3 is 0 Å². The molecule has 0 aliphatic carbocycles. The van der Waals surface area contributed by atoms with Crippen molar-refractivity contribution in [2.24, 2.45) is 0 Å². The molecule has 0 aliphatic rings. The van der Waals surface area contributed by atoms with Crippen LogP contribution in [-0.2, 0) is 6.54 Å². The first kappa shape index (κ1) is 17.6. The zero-order valence-electron chi connectivity index (χ0n) is 14.1. The molecule has 0 atom stereocenters. The van der Waals surface area contributed by atoms with Gasteiger partial charge in [-0.2, -0.15) is 0 Å². The van der Waals surface area contributed by atoms with Crippen LogP contribution >= 0.6 is 11.3 Å². The number of aliphatic hydroxyl groups is 1. The molecule has 4 nitrogen and oxygen atoms in total. The molecule has 0 bridgehead atoms. The number of rotatable bonds is 6. The number of hydrogen-bond acceptors (Lipinski definition) is 4. The third-order valence-electron chi connectivity index (χ3n) is 3.32. The highest BCUT2D eigenvalue weighted by atomic mass is 32.1. The van der Waals surface area contributed by atoms with Gasteiger partial charge < -0.3 is 10.0 Å². The van der Waals surface area contributed by atoms with Crippen LogP contribution in [0.25, 0.3) is 0 Å². The Bertz CT molecular complexity index is 645. The lowest BCUT2D eigenvalue weighted by molar-refractivity contribution is 0.0277. The van der Waals surface area contributed by atoms with Crippen molar-refractivity contribution in [3.8, 4) is 0 Å². The first-order valence-corrected chi connectivity index (χ1v) is 8.65. The van der Waals surface area contributed by atoms with Gasteiger partial charge in [-0.1, -0.05) is 44.2 Å². The second-order valence-corrected chi connectivity index (χ2v) is 7.57. The Balaban J connectivity index is 2.22. The molecule has 0 saturated heterocycles. The van der Waals surface area contributed by atoms with Crippen molar-refractivity contribution in [3.05, 3.63) is 52.0 Å². The van der Waals surface area contributed by atoms with Crippen molar-refractivity contribution in [1.29, 1.82) is 0 Å². The van der Waals surface area contributed by atoms with Crippen LogP contribution in [0.5, 0.6) is 0 Å². The van der Waals surface area contributed by atoms with E-state index >= 15 is 0 Å². The van der Waals surface area contributed by atoms with E-state index in [4.69, 9.17) is 0 Å². The van der Waals surface area contributed by atoms with Crippen LogP contribution in [0.3, 0.4) is 0 Å². The van der Waals surface area contributed by atoms with Gasteiger partial charge in [-0.05, 0) is 19.4 Å². The van der Waals surface area contributed by atoms with Crippen LogP contribution in [0.4, 0.5) is 0 Å². The van der Waals surface area contributed by atoms with Crippen LogP contribution in [-0.4, -0.2) is 33.0 Å². The van der Waals surface area contributed by atoms with E-state index in [0.717, 1.165) is 10.6 Å². The summed E-state index contributed by atoms with van der Waals surface area (Å²) in [6.07, 6.45) is 0. The highest BCUT2D eigenvalue weighted by Gasteiger charge is 2.25. The van der Waals surface area contributed by atoms with E-state index in [1.54, 1.807) is 24.1 Å². The van der Waals surface area contributed by atoms with E-state index in [2.05, 4.69) is 18.8 Å². The molecule has 0 unspecified atom stereocenters. The molecular formula is C18H24N2O2S. The molecule has 2 rings (SSSR count). The van der Waals surface area contributed by atoms with Gasteiger partial charge in [-0.25, -0.2) is 4.98 Å². The monoisotopic (exact) mass is 332 g/mol. The maximum Gasteiger partial charge on any atom is 0.273 e. The molecule has 23 heavy (non-hydrogen) atoms. The lowest BCUT2D eigenvalue weighted by Crippen LogP contribution is -2.42. The van der Waals surface area contributed by atoms with Crippen LogP contribution in [0, 0.1) is 0 Å². The van der Waals surface area contributed by atoms with Gasteiger partial charge in [0.1, 0.15) is 5.69 Å². The van der Waals surface area contributed by atoms with Gasteiger partial charge in [0, 0.05) is 24.4 Å². The molecule has 5 heteroatoms. The van der Waals surface area contributed by atoms with Crippen molar-refractivity contribution in [2.45, 2.75) is 45.8 Å². The van der Waals surface area contributed by atoms with E-state index in [-0.39, 0.29) is 12.5 Å². The molecule has 0 spiro atoms. The van der Waals surface area contributed by atoms with E-state index in [1.807, 2.05) is 30.3 Å². The average molecular weight is 332 g/mol. The van der Waals surface area contributed by atoms with Gasteiger partial charge in [0.2, 0.25) is 0 Å². The van der Waals surface area contributed by atoms with E-state index in [1.165, 1.54) is 11.3 Å². The fourth-order valence-electron chi connectivity index (χ4n) is 2.28. The van der Waals surface area contributed by atoms with Crippen LogP contribution < -0.4 is 0 Å². The number of carbonyl (C=O) groups is 1. The molecule has 124 valence electrons. The largest absolute Gasteiger partial charge is 0.389 e. The summed E-state index contributed by atoms with van der Waals surface area (Å²) in [4.78, 5) is 18.9. The van der Waals surface area contributed by atoms with Crippen molar-refractivity contribution in [2.75, 3.05) is 6.54 Å². The van der Waals surface area contributed by atoms with Crippen molar-refractivity contribution < 1.29 is 9.90 Å². The minimum Gasteiger partial charge on any atom is -0.389 e. The average Bonchev–Trinajstić information content (AvgIpc) is 2.95. The minimum atomic E-state index is -0.957. The van der Waals surface area contributed by atoms with Crippen molar-refractivity contribution in [1.82, 2.24) is 9.88 Å². The molecule has 1 heterocycles. The van der Waals surface area contributed by atoms with E-state index < -0.39 is 5.60 Å². The van der Waals surface area contributed by atoms with Crippen LogP contribution in [0.15, 0.2) is 35.7 Å². The summed E-state index contributed by atoms with van der Waals surface area (Å²) < 4.78 is 0. The van der Waals surface area contributed by atoms with E-state index in [9.17, 15) is 9.90 Å². The van der Waals surface area contributed by atoms with Gasteiger partial charge in [-0.15, -0.1) is 11.3 Å². The fraction of sp³-hybridized carbons (Fsp3) is 0.444. The molecular weight excluding hydrogens is 308 g/mol.